The number of methoxy groups -OCH3 is 2. The molecule has 2 aliphatic rings. The van der Waals surface area contributed by atoms with Gasteiger partial charge in [0, 0.05) is 14.2 Å². The van der Waals surface area contributed by atoms with Gasteiger partial charge in [-0.05, 0) is 25.9 Å². The van der Waals surface area contributed by atoms with Crippen molar-refractivity contribution in [3.05, 3.63) is 0 Å². The summed E-state index contributed by atoms with van der Waals surface area (Å²) < 4.78 is 22.1. The summed E-state index contributed by atoms with van der Waals surface area (Å²) >= 11 is 0. The van der Waals surface area contributed by atoms with E-state index in [0.717, 1.165) is 0 Å². The normalized spacial score (nSPS) is 28.7. The summed E-state index contributed by atoms with van der Waals surface area (Å²) in [5, 5.41) is 3.81. The van der Waals surface area contributed by atoms with Crippen molar-refractivity contribution in [2.45, 2.75) is 64.2 Å². The number of carbonyl (C=O) groups is 1. The topological polar surface area (TPSA) is 95.2 Å². The molecule has 0 bridgehead atoms. The quantitative estimate of drug-likeness (QED) is 0.603. The molecular weight excluding hydrogens is 302 g/mol. The SMILES string of the molecule is CC.COC1(OC)CO[C@@H]2C(N=[NH2+])CN(C(=O)OC(C)(C)C)[C@@H]21. The maximum absolute atomic E-state index is 12.4. The molecule has 0 aromatic carbocycles. The average molecular weight is 332 g/mol. The molecule has 2 heterocycles. The van der Waals surface area contributed by atoms with E-state index >= 15 is 0 Å². The van der Waals surface area contributed by atoms with Gasteiger partial charge in [-0.15, -0.1) is 0 Å². The van der Waals surface area contributed by atoms with Gasteiger partial charge >= 0.3 is 6.09 Å². The van der Waals surface area contributed by atoms with Crippen LogP contribution in [0.2, 0.25) is 0 Å². The maximum Gasteiger partial charge on any atom is 0.410 e. The van der Waals surface area contributed by atoms with Crippen LogP contribution in [0.5, 0.6) is 0 Å². The van der Waals surface area contributed by atoms with Crippen LogP contribution in [0.15, 0.2) is 5.11 Å². The lowest BCUT2D eigenvalue weighted by Gasteiger charge is -2.36. The van der Waals surface area contributed by atoms with Crippen molar-refractivity contribution < 1.29 is 29.3 Å². The van der Waals surface area contributed by atoms with Crippen molar-refractivity contribution in [1.29, 1.82) is 0 Å². The Balaban J connectivity index is 0.00000127. The van der Waals surface area contributed by atoms with E-state index in [1.165, 1.54) is 19.1 Å². The van der Waals surface area contributed by atoms with Crippen LogP contribution in [-0.4, -0.2) is 67.9 Å². The van der Waals surface area contributed by atoms with Gasteiger partial charge in [-0.2, -0.15) is 5.53 Å². The second kappa shape index (κ2) is 7.55. The maximum atomic E-state index is 12.4. The number of nitrogens with zero attached hydrogens (tertiary/aromatic N) is 2. The van der Waals surface area contributed by atoms with Crippen LogP contribution in [0, 0.1) is 0 Å². The van der Waals surface area contributed by atoms with E-state index in [2.05, 4.69) is 5.11 Å². The molecule has 2 rings (SSSR count). The van der Waals surface area contributed by atoms with Gasteiger partial charge < -0.3 is 18.9 Å². The minimum atomic E-state index is -1.03. The monoisotopic (exact) mass is 332 g/mol. The van der Waals surface area contributed by atoms with Crippen molar-refractivity contribution in [2.24, 2.45) is 5.11 Å². The second-order valence-electron chi connectivity index (χ2n) is 6.29. The molecule has 2 aliphatic heterocycles. The van der Waals surface area contributed by atoms with Crippen LogP contribution in [0.4, 0.5) is 4.79 Å². The summed E-state index contributed by atoms with van der Waals surface area (Å²) in [5.74, 6) is -1.03. The van der Waals surface area contributed by atoms with E-state index in [-0.39, 0.29) is 18.8 Å². The van der Waals surface area contributed by atoms with E-state index in [0.29, 0.717) is 6.54 Å². The first kappa shape index (κ1) is 19.8. The molecule has 8 heteroatoms. The highest BCUT2D eigenvalue weighted by atomic mass is 16.7. The molecule has 3 atom stereocenters. The lowest BCUT2D eigenvalue weighted by atomic mass is 10.0. The van der Waals surface area contributed by atoms with Crippen molar-refractivity contribution >= 4 is 6.09 Å². The standard InChI is InChI=1S/C13H23N3O5.C2H6/c1-12(2,3)21-11(17)16-6-8(15-14)9-10(16)13(18-4,19-5)7-20-9;1-2/h8-10,14H,6-7H2,1-5H3;1-2H3/p+1/t8?,9-,10+;/m1./s1. The Morgan fingerprint density at radius 1 is 1.30 bits per heavy atom. The highest BCUT2D eigenvalue weighted by molar-refractivity contribution is 5.69. The Morgan fingerprint density at radius 3 is 2.30 bits per heavy atom. The first-order valence-corrected chi connectivity index (χ1v) is 7.89. The molecule has 0 saturated carbocycles. The summed E-state index contributed by atoms with van der Waals surface area (Å²) in [6.07, 6.45) is -0.810. The number of hydrogen-bond donors (Lipinski definition) is 1. The van der Waals surface area contributed by atoms with Crippen molar-refractivity contribution in [3.8, 4) is 0 Å². The smallest absolute Gasteiger partial charge is 0.410 e. The van der Waals surface area contributed by atoms with Crippen LogP contribution in [0.3, 0.4) is 0 Å². The molecule has 2 saturated heterocycles. The lowest BCUT2D eigenvalue weighted by molar-refractivity contribution is -0.233. The number of fused-ring (bicyclic) bond motifs is 1. The number of likely N-dealkylation sites (tertiary alicyclic amines) is 1. The first-order valence-electron chi connectivity index (χ1n) is 7.89. The molecule has 2 fully saturated rings. The zero-order valence-corrected chi connectivity index (χ0v) is 15.2. The van der Waals surface area contributed by atoms with Gasteiger partial charge in [0.05, 0.1) is 6.54 Å². The molecule has 0 radical (unpaired) electrons. The number of hydrogen-bond acceptors (Lipinski definition) is 6. The van der Waals surface area contributed by atoms with Crippen LogP contribution in [0.1, 0.15) is 34.6 Å². The Bertz CT molecular complexity index is 420. The molecule has 0 aliphatic carbocycles. The number of nitrogens with two attached hydrogens (primary N) is 1. The largest absolute Gasteiger partial charge is 0.444 e. The molecule has 1 unspecified atom stereocenters. The van der Waals surface area contributed by atoms with Crippen LogP contribution in [-0.2, 0) is 18.9 Å². The summed E-state index contributed by atoms with van der Waals surface area (Å²) in [5.41, 5.74) is 4.84. The van der Waals surface area contributed by atoms with E-state index in [9.17, 15) is 4.79 Å². The molecule has 1 amide bonds. The zero-order valence-electron chi connectivity index (χ0n) is 15.2. The molecular formula is C15H30N3O5+. The van der Waals surface area contributed by atoms with Gasteiger partial charge in [0.15, 0.2) is 6.04 Å². The van der Waals surface area contributed by atoms with E-state index < -0.39 is 23.5 Å². The average Bonchev–Trinajstić information content (AvgIpc) is 3.05. The van der Waals surface area contributed by atoms with Gasteiger partial charge in [-0.1, -0.05) is 13.8 Å². The van der Waals surface area contributed by atoms with Gasteiger partial charge in [0.25, 0.3) is 0 Å². The minimum absolute atomic E-state index is 0.209. The molecule has 2 N–H and O–H groups in total. The highest BCUT2D eigenvalue weighted by Gasteiger charge is 2.63. The van der Waals surface area contributed by atoms with Gasteiger partial charge in [0.1, 0.15) is 24.4 Å². The van der Waals surface area contributed by atoms with E-state index in [1.807, 2.05) is 34.6 Å². The van der Waals surface area contributed by atoms with Gasteiger partial charge in [-0.25, -0.2) is 4.79 Å². The highest BCUT2D eigenvalue weighted by Crippen LogP contribution is 2.40. The lowest BCUT2D eigenvalue weighted by Crippen LogP contribution is -2.55. The van der Waals surface area contributed by atoms with Gasteiger partial charge in [0.2, 0.25) is 5.79 Å². The van der Waals surface area contributed by atoms with Crippen molar-refractivity contribution in [3.63, 3.8) is 0 Å². The zero-order chi connectivity index (χ0) is 17.8. The minimum Gasteiger partial charge on any atom is -0.444 e. The summed E-state index contributed by atoms with van der Waals surface area (Å²) in [4.78, 5) is 14.0. The molecule has 0 aromatic rings. The van der Waals surface area contributed by atoms with Crippen LogP contribution >= 0.6 is 0 Å². The fourth-order valence-electron chi connectivity index (χ4n) is 2.88. The Hall–Kier alpha value is -1.25. The number of rotatable bonds is 3. The molecule has 0 aromatic heterocycles. The van der Waals surface area contributed by atoms with Crippen molar-refractivity contribution in [2.75, 3.05) is 27.4 Å². The fraction of sp³-hybridized carbons (Fsp3) is 0.933. The number of ether oxygens (including phenoxy) is 4. The molecule has 8 nitrogen and oxygen atoms in total. The predicted molar refractivity (Wildman–Crippen MR) is 82.7 cm³/mol. The molecule has 23 heavy (non-hydrogen) atoms. The van der Waals surface area contributed by atoms with E-state index in [1.54, 1.807) is 0 Å². The summed E-state index contributed by atoms with van der Waals surface area (Å²) in [6.45, 7) is 9.97. The molecule has 134 valence electrons. The Labute approximate surface area is 137 Å². The Kier molecular flexibility index (Phi) is 6.49. The summed E-state index contributed by atoms with van der Waals surface area (Å²) in [6, 6.07) is -0.769. The first-order chi connectivity index (χ1) is 10.8. The van der Waals surface area contributed by atoms with Crippen LogP contribution < -0.4 is 5.53 Å². The number of carbonyl (C=O) groups excluding carboxylic acids is 1. The Morgan fingerprint density at radius 2 is 1.87 bits per heavy atom. The second-order valence-corrected chi connectivity index (χ2v) is 6.29. The third-order valence-electron chi connectivity index (χ3n) is 3.85. The van der Waals surface area contributed by atoms with Gasteiger partial charge in [-0.3, -0.25) is 4.90 Å². The van der Waals surface area contributed by atoms with Crippen molar-refractivity contribution in [1.82, 2.24) is 4.90 Å². The molecule has 0 spiro atoms. The predicted octanol–water partition coefficient (Wildman–Crippen LogP) is 0.600. The fourth-order valence-corrected chi connectivity index (χ4v) is 2.88. The third kappa shape index (κ3) is 3.81. The third-order valence-corrected chi connectivity index (χ3v) is 3.85. The van der Waals surface area contributed by atoms with E-state index in [4.69, 9.17) is 24.5 Å². The summed E-state index contributed by atoms with van der Waals surface area (Å²) in [7, 11) is 3.05. The number of amides is 1. The van der Waals surface area contributed by atoms with Crippen LogP contribution in [0.25, 0.3) is 0 Å².